The first-order chi connectivity index (χ1) is 5.06. The van der Waals surface area contributed by atoms with Gasteiger partial charge in [-0.15, -0.1) is 0 Å². The molecular formula is C4H12O6S2. The summed E-state index contributed by atoms with van der Waals surface area (Å²) in [5.74, 6) is 0. The molecule has 8 heteroatoms. The Bertz CT molecular complexity index is 278. The highest BCUT2D eigenvalue weighted by atomic mass is 32.2. The Morgan fingerprint density at radius 1 is 1.17 bits per heavy atom. The second-order valence-corrected chi connectivity index (χ2v) is 4.95. The second-order valence-electron chi connectivity index (χ2n) is 1.84. The van der Waals surface area contributed by atoms with Crippen molar-refractivity contribution >= 4 is 20.2 Å². The molecule has 0 rings (SSSR count). The van der Waals surface area contributed by atoms with Gasteiger partial charge in [-0.25, -0.2) is 0 Å². The van der Waals surface area contributed by atoms with Crippen molar-refractivity contribution in [2.75, 3.05) is 19.1 Å². The summed E-state index contributed by atoms with van der Waals surface area (Å²) in [6.45, 7) is 1.85. The van der Waals surface area contributed by atoms with Crippen LogP contribution in [0.4, 0.5) is 0 Å². The minimum Gasteiger partial charge on any atom is -0.286 e. The Labute approximate surface area is 72.4 Å². The summed E-state index contributed by atoms with van der Waals surface area (Å²) in [6, 6.07) is 0. The monoisotopic (exact) mass is 220 g/mol. The zero-order chi connectivity index (χ0) is 10.4. The molecule has 0 aliphatic heterocycles. The van der Waals surface area contributed by atoms with E-state index in [0.29, 0.717) is 6.26 Å². The van der Waals surface area contributed by atoms with E-state index in [0.717, 1.165) is 6.26 Å². The third kappa shape index (κ3) is 52.4. The molecule has 0 aliphatic rings. The topological polar surface area (TPSA) is 97.7 Å². The van der Waals surface area contributed by atoms with Crippen LogP contribution in [0.3, 0.4) is 0 Å². The highest BCUT2D eigenvalue weighted by molar-refractivity contribution is 7.86. The van der Waals surface area contributed by atoms with Crippen LogP contribution in [0, 0.1) is 0 Å². The van der Waals surface area contributed by atoms with Crippen LogP contribution < -0.4 is 0 Å². The molecule has 76 valence electrons. The highest BCUT2D eigenvalue weighted by Gasteiger charge is 1.94. The van der Waals surface area contributed by atoms with Crippen molar-refractivity contribution in [3.05, 3.63) is 0 Å². The summed E-state index contributed by atoms with van der Waals surface area (Å²) in [4.78, 5) is 0. The molecule has 0 aromatic heterocycles. The lowest BCUT2D eigenvalue weighted by molar-refractivity contribution is 0.342. The van der Waals surface area contributed by atoms with Crippen molar-refractivity contribution < 1.29 is 25.6 Å². The van der Waals surface area contributed by atoms with Crippen LogP contribution in [0.25, 0.3) is 0 Å². The maximum absolute atomic E-state index is 10.0. The highest BCUT2D eigenvalue weighted by Crippen LogP contribution is 1.81. The third-order valence-corrected chi connectivity index (χ3v) is 0.996. The minimum atomic E-state index is -3.67. The molecule has 0 aromatic carbocycles. The summed E-state index contributed by atoms with van der Waals surface area (Å²) in [6.07, 6.45) is 1.74. The van der Waals surface area contributed by atoms with Gasteiger partial charge in [-0.3, -0.25) is 8.74 Å². The van der Waals surface area contributed by atoms with Gasteiger partial charge < -0.3 is 0 Å². The van der Waals surface area contributed by atoms with E-state index >= 15 is 0 Å². The minimum absolute atomic E-state index is 0.221. The molecule has 0 heterocycles. The summed E-state index contributed by atoms with van der Waals surface area (Å²) in [5, 5.41) is 0. The van der Waals surface area contributed by atoms with E-state index in [1.807, 2.05) is 0 Å². The molecule has 0 saturated carbocycles. The molecule has 0 aliphatic carbocycles. The lowest BCUT2D eigenvalue weighted by Crippen LogP contribution is -2.00. The van der Waals surface area contributed by atoms with Crippen molar-refractivity contribution in [1.29, 1.82) is 0 Å². The van der Waals surface area contributed by atoms with Gasteiger partial charge in [-0.2, -0.15) is 16.8 Å². The van der Waals surface area contributed by atoms with Crippen molar-refractivity contribution in [3.63, 3.8) is 0 Å². The summed E-state index contributed by atoms with van der Waals surface area (Å²) < 4.78 is 50.1. The van der Waals surface area contributed by atoms with Crippen LogP contribution >= 0.6 is 0 Å². The maximum atomic E-state index is 10.0. The van der Waals surface area contributed by atoms with E-state index in [1.165, 1.54) is 0 Å². The zero-order valence-electron chi connectivity index (χ0n) is 7.01. The van der Waals surface area contributed by atoms with Gasteiger partial charge in [0.15, 0.2) is 0 Å². The number of hydrogen-bond donors (Lipinski definition) is 1. The van der Waals surface area contributed by atoms with Crippen LogP contribution in [-0.4, -0.2) is 40.5 Å². The predicted octanol–water partition coefficient (Wildman–Crippen LogP) is -0.514. The molecule has 0 saturated heterocycles. The Balaban J connectivity index is 0. The normalized spacial score (nSPS) is 11.7. The Hall–Kier alpha value is -0.180. The van der Waals surface area contributed by atoms with Gasteiger partial charge in [0.25, 0.3) is 20.2 Å². The maximum Gasteiger partial charge on any atom is 0.264 e. The molecule has 0 amide bonds. The van der Waals surface area contributed by atoms with Crippen LogP contribution in [0.15, 0.2) is 0 Å². The largest absolute Gasteiger partial charge is 0.286 e. The fourth-order valence-corrected chi connectivity index (χ4v) is 0.642. The van der Waals surface area contributed by atoms with E-state index in [9.17, 15) is 16.8 Å². The lowest BCUT2D eigenvalue weighted by atomic mass is 10.9. The van der Waals surface area contributed by atoms with Crippen molar-refractivity contribution in [1.82, 2.24) is 0 Å². The molecule has 0 aromatic rings. The van der Waals surface area contributed by atoms with E-state index in [1.54, 1.807) is 6.92 Å². The van der Waals surface area contributed by atoms with Crippen LogP contribution in [-0.2, 0) is 24.4 Å². The van der Waals surface area contributed by atoms with Gasteiger partial charge in [0.2, 0.25) is 0 Å². The molecule has 0 spiro atoms. The van der Waals surface area contributed by atoms with Gasteiger partial charge in [0.1, 0.15) is 0 Å². The lowest BCUT2D eigenvalue weighted by Gasteiger charge is -1.90. The molecule has 0 atom stereocenters. The quantitative estimate of drug-likeness (QED) is 0.497. The van der Waals surface area contributed by atoms with E-state index in [2.05, 4.69) is 4.18 Å². The van der Waals surface area contributed by atoms with Gasteiger partial charge in [-0.1, -0.05) is 0 Å². The van der Waals surface area contributed by atoms with Gasteiger partial charge in [0, 0.05) is 0 Å². The summed E-state index contributed by atoms with van der Waals surface area (Å²) >= 11 is 0. The third-order valence-electron chi connectivity index (χ3n) is 0.332. The van der Waals surface area contributed by atoms with Crippen molar-refractivity contribution in [2.24, 2.45) is 0 Å². The first-order valence-electron chi connectivity index (χ1n) is 2.83. The summed E-state index contributed by atoms with van der Waals surface area (Å²) in [5.41, 5.74) is 0. The molecule has 0 fully saturated rings. The van der Waals surface area contributed by atoms with Gasteiger partial charge in [0.05, 0.1) is 19.1 Å². The van der Waals surface area contributed by atoms with Crippen LogP contribution in [0.2, 0.25) is 0 Å². The van der Waals surface area contributed by atoms with Crippen LogP contribution in [0.1, 0.15) is 6.92 Å². The standard InChI is InChI=1S/C3H8O3S.CH4O3S/c1-3-6-7(2,4)5;1-5(2,3)4/h3H2,1-2H3;1H3,(H,2,3,4). The Morgan fingerprint density at radius 2 is 1.42 bits per heavy atom. The van der Waals surface area contributed by atoms with Crippen molar-refractivity contribution in [2.45, 2.75) is 6.92 Å². The fourth-order valence-electron chi connectivity index (χ4n) is 0.214. The molecule has 1 N–H and O–H groups in total. The SMILES string of the molecule is CCOS(C)(=O)=O.CS(=O)(=O)O. The molecule has 6 nitrogen and oxygen atoms in total. The number of rotatable bonds is 2. The average Bonchev–Trinajstić information content (AvgIpc) is 1.54. The predicted molar refractivity (Wildman–Crippen MR) is 43.9 cm³/mol. The second kappa shape index (κ2) is 5.46. The average molecular weight is 220 g/mol. The van der Waals surface area contributed by atoms with Crippen LogP contribution in [0.5, 0.6) is 0 Å². The van der Waals surface area contributed by atoms with Crippen molar-refractivity contribution in [3.8, 4) is 0 Å². The summed E-state index contributed by atoms with van der Waals surface area (Å²) in [7, 11) is -6.84. The molecule has 12 heavy (non-hydrogen) atoms. The first-order valence-corrected chi connectivity index (χ1v) is 6.49. The molecule has 0 radical (unpaired) electrons. The molecule has 0 unspecified atom stereocenters. The zero-order valence-corrected chi connectivity index (χ0v) is 8.65. The Morgan fingerprint density at radius 3 is 1.42 bits per heavy atom. The number of hydrogen-bond acceptors (Lipinski definition) is 5. The van der Waals surface area contributed by atoms with Gasteiger partial charge in [-0.05, 0) is 6.92 Å². The molecular weight excluding hydrogens is 208 g/mol. The first kappa shape index (κ1) is 14.3. The Kier molecular flexibility index (Phi) is 6.53. The van der Waals surface area contributed by atoms with E-state index in [-0.39, 0.29) is 6.61 Å². The van der Waals surface area contributed by atoms with Gasteiger partial charge >= 0.3 is 0 Å². The molecule has 0 bridgehead atoms. The van der Waals surface area contributed by atoms with E-state index < -0.39 is 20.2 Å². The van der Waals surface area contributed by atoms with E-state index in [4.69, 9.17) is 4.55 Å². The fraction of sp³-hybridized carbons (Fsp3) is 1.00. The smallest absolute Gasteiger partial charge is 0.264 e.